The van der Waals surface area contributed by atoms with E-state index in [0.717, 1.165) is 0 Å². The fourth-order valence-corrected chi connectivity index (χ4v) is 4.77. The number of Topliss-reactive ketones (excluding diaryl/α,β-unsaturated/α-hetero) is 1. The second kappa shape index (κ2) is 7.34. The number of carbonyl (C=O) groups is 2. The Balaban J connectivity index is 1.55. The molecular weight excluding hydrogens is 371 g/mol. The van der Waals surface area contributed by atoms with Crippen LogP contribution in [0.15, 0.2) is 48.7 Å². The highest BCUT2D eigenvalue weighted by atomic mass is 19.1. The summed E-state index contributed by atoms with van der Waals surface area (Å²) in [7, 11) is 0. The van der Waals surface area contributed by atoms with Gasteiger partial charge in [-0.2, -0.15) is 0 Å². The number of nitrogens with zero attached hydrogens (tertiary/aromatic N) is 2. The number of carbonyl (C=O) groups excluding carboxylic acids is 2. The molecule has 1 N–H and O–H groups in total. The standard InChI is InChI=1S/C23H25FN2O3/c1-22(29)8-9-23(15-16(22)13-20(27)19-7-2-3-11-25-19)10-12-26(21(23)28)18-6-4-5-17(24)14-18/h2-7,11,14,16,29H,8-10,12-13,15H2,1H3. The van der Waals surface area contributed by atoms with E-state index >= 15 is 0 Å². The molecule has 2 heterocycles. The lowest BCUT2D eigenvalue weighted by Gasteiger charge is -2.45. The molecule has 2 aromatic rings. The van der Waals surface area contributed by atoms with Crippen molar-refractivity contribution in [1.82, 2.24) is 4.98 Å². The topological polar surface area (TPSA) is 70.5 Å². The molecule has 6 heteroatoms. The Morgan fingerprint density at radius 3 is 2.79 bits per heavy atom. The largest absolute Gasteiger partial charge is 0.390 e. The van der Waals surface area contributed by atoms with Crippen molar-refractivity contribution >= 4 is 17.4 Å². The van der Waals surface area contributed by atoms with Crippen LogP contribution in [0.4, 0.5) is 10.1 Å². The van der Waals surface area contributed by atoms with Gasteiger partial charge in [-0.25, -0.2) is 4.39 Å². The zero-order valence-electron chi connectivity index (χ0n) is 16.5. The Kier molecular flexibility index (Phi) is 4.99. The van der Waals surface area contributed by atoms with Gasteiger partial charge in [-0.15, -0.1) is 0 Å². The molecule has 1 saturated carbocycles. The molecule has 0 radical (unpaired) electrons. The average molecular weight is 396 g/mol. The van der Waals surface area contributed by atoms with Crippen LogP contribution < -0.4 is 4.90 Å². The lowest BCUT2D eigenvalue weighted by atomic mass is 9.61. The summed E-state index contributed by atoms with van der Waals surface area (Å²) in [6, 6.07) is 11.2. The van der Waals surface area contributed by atoms with Crippen LogP contribution in [0.25, 0.3) is 0 Å². The van der Waals surface area contributed by atoms with Crippen molar-refractivity contribution in [1.29, 1.82) is 0 Å². The molecular formula is C23H25FN2O3. The molecule has 29 heavy (non-hydrogen) atoms. The summed E-state index contributed by atoms with van der Waals surface area (Å²) in [5.41, 5.74) is -0.682. The predicted molar refractivity (Wildman–Crippen MR) is 107 cm³/mol. The van der Waals surface area contributed by atoms with Gasteiger partial charge in [0.1, 0.15) is 11.5 Å². The Morgan fingerprint density at radius 1 is 1.24 bits per heavy atom. The predicted octanol–water partition coefficient (Wildman–Crippen LogP) is 3.77. The maximum Gasteiger partial charge on any atom is 0.233 e. The average Bonchev–Trinajstić information content (AvgIpc) is 3.02. The van der Waals surface area contributed by atoms with Gasteiger partial charge in [0, 0.05) is 24.8 Å². The van der Waals surface area contributed by atoms with E-state index in [1.807, 2.05) is 0 Å². The summed E-state index contributed by atoms with van der Waals surface area (Å²) in [5.74, 6) is -0.863. The molecule has 152 valence electrons. The first kappa shape index (κ1) is 19.7. The zero-order valence-corrected chi connectivity index (χ0v) is 16.5. The van der Waals surface area contributed by atoms with E-state index in [2.05, 4.69) is 4.98 Å². The number of hydrogen-bond donors (Lipinski definition) is 1. The van der Waals surface area contributed by atoms with Crippen LogP contribution in [0, 0.1) is 17.2 Å². The third-order valence-corrected chi connectivity index (χ3v) is 6.64. The van der Waals surface area contributed by atoms with Crippen LogP contribution in [-0.2, 0) is 4.79 Å². The SMILES string of the molecule is CC1(O)CCC2(CCN(c3cccc(F)c3)C2=O)CC1CC(=O)c1ccccn1. The molecule has 2 fully saturated rings. The number of aliphatic hydroxyl groups is 1. The third-order valence-electron chi connectivity index (χ3n) is 6.64. The van der Waals surface area contributed by atoms with Crippen LogP contribution >= 0.6 is 0 Å². The summed E-state index contributed by atoms with van der Waals surface area (Å²) in [5, 5.41) is 10.9. The smallest absolute Gasteiger partial charge is 0.233 e. The van der Waals surface area contributed by atoms with E-state index in [1.54, 1.807) is 48.4 Å². The van der Waals surface area contributed by atoms with Crippen molar-refractivity contribution < 1.29 is 19.1 Å². The summed E-state index contributed by atoms with van der Waals surface area (Å²) in [6.07, 6.45) is 3.84. The quantitative estimate of drug-likeness (QED) is 0.799. The molecule has 1 amide bonds. The lowest BCUT2D eigenvalue weighted by molar-refractivity contribution is -0.134. The first-order valence-electron chi connectivity index (χ1n) is 10.0. The molecule has 0 bridgehead atoms. The third kappa shape index (κ3) is 3.69. The zero-order chi connectivity index (χ0) is 20.6. The number of pyridine rings is 1. The minimum absolute atomic E-state index is 0.0334. The fourth-order valence-electron chi connectivity index (χ4n) is 4.77. The molecule has 1 aliphatic carbocycles. The van der Waals surface area contributed by atoms with E-state index in [-0.39, 0.29) is 29.8 Å². The molecule has 3 unspecified atom stereocenters. The number of benzene rings is 1. The van der Waals surface area contributed by atoms with Crippen molar-refractivity contribution in [2.45, 2.75) is 44.6 Å². The summed E-state index contributed by atoms with van der Waals surface area (Å²) in [4.78, 5) is 31.8. The van der Waals surface area contributed by atoms with E-state index in [0.29, 0.717) is 43.6 Å². The summed E-state index contributed by atoms with van der Waals surface area (Å²) >= 11 is 0. The van der Waals surface area contributed by atoms with Crippen molar-refractivity contribution in [3.8, 4) is 0 Å². The van der Waals surface area contributed by atoms with Crippen LogP contribution in [0.1, 0.15) is 49.5 Å². The molecule has 1 aromatic carbocycles. The Morgan fingerprint density at radius 2 is 2.07 bits per heavy atom. The van der Waals surface area contributed by atoms with Gasteiger partial charge in [-0.3, -0.25) is 14.6 Å². The van der Waals surface area contributed by atoms with Gasteiger partial charge in [0.25, 0.3) is 0 Å². The summed E-state index contributed by atoms with van der Waals surface area (Å²) < 4.78 is 13.6. The van der Waals surface area contributed by atoms with Gasteiger partial charge >= 0.3 is 0 Å². The highest BCUT2D eigenvalue weighted by molar-refractivity contribution is 6.00. The molecule has 3 atom stereocenters. The van der Waals surface area contributed by atoms with Crippen molar-refractivity contribution in [3.05, 3.63) is 60.2 Å². The number of amides is 1. The maximum absolute atomic E-state index is 13.6. The van der Waals surface area contributed by atoms with Crippen LogP contribution in [0.5, 0.6) is 0 Å². The second-order valence-electron chi connectivity index (χ2n) is 8.57. The van der Waals surface area contributed by atoms with E-state index in [9.17, 15) is 19.1 Å². The summed E-state index contributed by atoms with van der Waals surface area (Å²) in [6.45, 7) is 2.27. The molecule has 1 spiro atoms. The van der Waals surface area contributed by atoms with Gasteiger partial charge < -0.3 is 10.0 Å². The molecule has 5 nitrogen and oxygen atoms in total. The minimum atomic E-state index is -1.01. The van der Waals surface area contributed by atoms with Gasteiger partial charge in [-0.1, -0.05) is 12.1 Å². The first-order chi connectivity index (χ1) is 13.8. The van der Waals surface area contributed by atoms with Gasteiger partial charge in [-0.05, 0) is 68.9 Å². The number of rotatable bonds is 4. The van der Waals surface area contributed by atoms with E-state index < -0.39 is 11.0 Å². The molecule has 4 rings (SSSR count). The number of aromatic nitrogens is 1. The second-order valence-corrected chi connectivity index (χ2v) is 8.57. The van der Waals surface area contributed by atoms with Gasteiger partial charge in [0.2, 0.25) is 5.91 Å². The number of anilines is 1. The Labute approximate surface area is 169 Å². The highest BCUT2D eigenvalue weighted by Crippen LogP contribution is 2.52. The molecule has 1 aromatic heterocycles. The van der Waals surface area contributed by atoms with Crippen molar-refractivity contribution in [2.75, 3.05) is 11.4 Å². The minimum Gasteiger partial charge on any atom is -0.390 e. The van der Waals surface area contributed by atoms with Crippen molar-refractivity contribution in [3.63, 3.8) is 0 Å². The van der Waals surface area contributed by atoms with Crippen molar-refractivity contribution in [2.24, 2.45) is 11.3 Å². The van der Waals surface area contributed by atoms with E-state index in [4.69, 9.17) is 0 Å². The van der Waals surface area contributed by atoms with Gasteiger partial charge in [0.15, 0.2) is 5.78 Å². The maximum atomic E-state index is 13.6. The number of halogens is 1. The monoisotopic (exact) mass is 396 g/mol. The van der Waals surface area contributed by atoms with Crippen LogP contribution in [0.2, 0.25) is 0 Å². The molecule has 1 saturated heterocycles. The van der Waals surface area contributed by atoms with Gasteiger partial charge in [0.05, 0.1) is 11.0 Å². The number of hydrogen-bond acceptors (Lipinski definition) is 4. The Bertz CT molecular complexity index is 931. The molecule has 2 aliphatic rings. The number of ketones is 1. The first-order valence-corrected chi connectivity index (χ1v) is 10.0. The fraction of sp³-hybridized carbons (Fsp3) is 0.435. The molecule has 1 aliphatic heterocycles. The van der Waals surface area contributed by atoms with Crippen LogP contribution in [0.3, 0.4) is 0 Å². The lowest BCUT2D eigenvalue weighted by Crippen LogP contribution is -2.48. The van der Waals surface area contributed by atoms with E-state index in [1.165, 1.54) is 12.1 Å². The van der Waals surface area contributed by atoms with Crippen LogP contribution in [-0.4, -0.2) is 33.9 Å². The normalized spacial score (nSPS) is 29.4. The Hall–Kier alpha value is -2.60. The highest BCUT2D eigenvalue weighted by Gasteiger charge is 2.54.